The lowest BCUT2D eigenvalue weighted by atomic mass is 10.0. The van der Waals surface area contributed by atoms with Crippen LogP contribution in [0.25, 0.3) is 0 Å². The molecule has 5 nitrogen and oxygen atoms in total. The number of carbonyl (C=O) groups is 2. The molecule has 1 atom stereocenters. The number of halogens is 1. The number of ether oxygens (including phenoxy) is 1. The second kappa shape index (κ2) is 13.6. The van der Waals surface area contributed by atoms with E-state index < -0.39 is 6.04 Å². The topological polar surface area (TPSA) is 58.6 Å². The predicted octanol–water partition coefficient (Wildman–Crippen LogP) is 6.65. The zero-order valence-electron chi connectivity index (χ0n) is 22.2. The molecule has 1 unspecified atom stereocenters. The fourth-order valence-corrected chi connectivity index (χ4v) is 5.28. The number of nitrogens with zero attached hydrogens (tertiary/aromatic N) is 1. The van der Waals surface area contributed by atoms with E-state index in [-0.39, 0.29) is 30.4 Å². The Balaban J connectivity index is 1.62. The average molecular weight is 578 g/mol. The molecule has 0 radical (unpaired) electrons. The third-order valence-corrected chi connectivity index (χ3v) is 7.66. The summed E-state index contributed by atoms with van der Waals surface area (Å²) in [6, 6.07) is 25.1. The number of amides is 2. The molecule has 6 heteroatoms. The first-order chi connectivity index (χ1) is 18.4. The highest BCUT2D eigenvalue weighted by atomic mass is 79.9. The van der Waals surface area contributed by atoms with E-state index >= 15 is 0 Å². The van der Waals surface area contributed by atoms with Gasteiger partial charge in [-0.1, -0.05) is 103 Å². The van der Waals surface area contributed by atoms with E-state index in [1.54, 1.807) is 4.90 Å². The fraction of sp³-hybridized carbons (Fsp3) is 0.375. The van der Waals surface area contributed by atoms with Crippen molar-refractivity contribution in [1.82, 2.24) is 10.2 Å². The highest BCUT2D eigenvalue weighted by Gasteiger charge is 2.32. The number of rotatable bonds is 11. The van der Waals surface area contributed by atoms with E-state index in [9.17, 15) is 9.59 Å². The normalized spacial score (nSPS) is 14.3. The van der Waals surface area contributed by atoms with E-state index in [0.29, 0.717) is 18.7 Å². The summed E-state index contributed by atoms with van der Waals surface area (Å²) in [7, 11) is 0. The van der Waals surface area contributed by atoms with Crippen LogP contribution in [0.4, 0.5) is 0 Å². The van der Waals surface area contributed by atoms with E-state index in [0.717, 1.165) is 46.8 Å². The molecule has 1 saturated carbocycles. The Hall–Kier alpha value is -3.12. The minimum Gasteiger partial charge on any atom is -0.483 e. The van der Waals surface area contributed by atoms with Gasteiger partial charge in [0.25, 0.3) is 5.91 Å². The van der Waals surface area contributed by atoms with Gasteiger partial charge >= 0.3 is 0 Å². The fourth-order valence-electron chi connectivity index (χ4n) is 5.02. The first-order valence-electron chi connectivity index (χ1n) is 13.5. The van der Waals surface area contributed by atoms with Crippen LogP contribution in [0.3, 0.4) is 0 Å². The van der Waals surface area contributed by atoms with Crippen molar-refractivity contribution in [3.63, 3.8) is 0 Å². The zero-order chi connectivity index (χ0) is 26.9. The molecule has 0 aliphatic heterocycles. The first-order valence-corrected chi connectivity index (χ1v) is 14.3. The van der Waals surface area contributed by atoms with E-state index in [2.05, 4.69) is 35.1 Å². The standard InChI is InChI=1S/C32H37BrN2O3/c1-23(2)28-14-8-9-15-30(28)38-22-31(36)35(21-25-16-18-26(33)19-17-25)29(20-24-10-4-3-5-11-24)32(37)34-27-12-6-7-13-27/h3-5,8-11,14-19,23,27,29H,6-7,12-13,20-22H2,1-2H3,(H,34,37). The molecular formula is C32H37BrN2O3. The van der Waals surface area contributed by atoms with E-state index in [1.807, 2.05) is 78.9 Å². The van der Waals surface area contributed by atoms with Crippen LogP contribution in [0.15, 0.2) is 83.3 Å². The van der Waals surface area contributed by atoms with Gasteiger partial charge in [-0.15, -0.1) is 0 Å². The van der Waals surface area contributed by atoms with Crippen molar-refractivity contribution in [2.75, 3.05) is 6.61 Å². The van der Waals surface area contributed by atoms with Gasteiger partial charge < -0.3 is 15.0 Å². The Labute approximate surface area is 234 Å². The minimum atomic E-state index is -0.655. The van der Waals surface area contributed by atoms with Gasteiger partial charge in [0.05, 0.1) is 0 Å². The van der Waals surface area contributed by atoms with Crippen LogP contribution in [0.2, 0.25) is 0 Å². The van der Waals surface area contributed by atoms with Crippen LogP contribution in [0, 0.1) is 0 Å². The number of hydrogen-bond donors (Lipinski definition) is 1. The summed E-state index contributed by atoms with van der Waals surface area (Å²) in [5.74, 6) is 0.653. The third kappa shape index (κ3) is 7.70. The second-order valence-electron chi connectivity index (χ2n) is 10.3. The molecule has 0 bridgehead atoms. The molecule has 38 heavy (non-hydrogen) atoms. The Morgan fingerprint density at radius 2 is 1.58 bits per heavy atom. The molecule has 1 aliphatic rings. The molecule has 1 fully saturated rings. The maximum absolute atomic E-state index is 13.9. The van der Waals surface area contributed by atoms with Crippen LogP contribution in [-0.4, -0.2) is 35.4 Å². The minimum absolute atomic E-state index is 0.103. The van der Waals surface area contributed by atoms with Crippen LogP contribution < -0.4 is 10.1 Å². The van der Waals surface area contributed by atoms with Crippen LogP contribution in [-0.2, 0) is 22.6 Å². The van der Waals surface area contributed by atoms with Crippen molar-refractivity contribution in [3.8, 4) is 5.75 Å². The molecule has 0 saturated heterocycles. The maximum atomic E-state index is 13.9. The molecule has 1 aliphatic carbocycles. The highest BCUT2D eigenvalue weighted by Crippen LogP contribution is 2.26. The largest absolute Gasteiger partial charge is 0.483 e. The van der Waals surface area contributed by atoms with Crippen molar-refractivity contribution in [3.05, 3.63) is 100 Å². The van der Waals surface area contributed by atoms with E-state index in [4.69, 9.17) is 4.74 Å². The number of para-hydroxylation sites is 1. The summed E-state index contributed by atoms with van der Waals surface area (Å²) in [4.78, 5) is 29.3. The monoisotopic (exact) mass is 576 g/mol. The lowest BCUT2D eigenvalue weighted by Crippen LogP contribution is -2.53. The summed E-state index contributed by atoms with van der Waals surface area (Å²) in [6.07, 6.45) is 4.65. The lowest BCUT2D eigenvalue weighted by Gasteiger charge is -2.32. The molecule has 0 spiro atoms. The SMILES string of the molecule is CC(C)c1ccccc1OCC(=O)N(Cc1ccc(Br)cc1)C(Cc1ccccc1)C(=O)NC1CCCC1. The number of nitrogens with one attached hydrogen (secondary N) is 1. The highest BCUT2D eigenvalue weighted by molar-refractivity contribution is 9.10. The Morgan fingerprint density at radius 1 is 0.921 bits per heavy atom. The summed E-state index contributed by atoms with van der Waals surface area (Å²) < 4.78 is 7.05. The molecule has 4 rings (SSSR count). The number of carbonyl (C=O) groups excluding carboxylic acids is 2. The average Bonchev–Trinajstić information content (AvgIpc) is 3.44. The van der Waals surface area contributed by atoms with Crippen molar-refractivity contribution in [1.29, 1.82) is 0 Å². The molecule has 0 aromatic heterocycles. The summed E-state index contributed by atoms with van der Waals surface area (Å²) in [6.45, 7) is 4.39. The van der Waals surface area contributed by atoms with Gasteiger partial charge in [-0.3, -0.25) is 9.59 Å². The molecule has 3 aromatic rings. The van der Waals surface area contributed by atoms with Gasteiger partial charge in [-0.25, -0.2) is 0 Å². The quantitative estimate of drug-likeness (QED) is 0.278. The van der Waals surface area contributed by atoms with Gasteiger partial charge in [0.15, 0.2) is 6.61 Å². The first kappa shape index (κ1) is 27.9. The lowest BCUT2D eigenvalue weighted by molar-refractivity contribution is -0.143. The van der Waals surface area contributed by atoms with Gasteiger partial charge in [-0.2, -0.15) is 0 Å². The number of benzene rings is 3. The summed E-state index contributed by atoms with van der Waals surface area (Å²) in [5.41, 5.74) is 3.02. The van der Waals surface area contributed by atoms with E-state index in [1.165, 1.54) is 0 Å². The maximum Gasteiger partial charge on any atom is 0.261 e. The Bertz CT molecular complexity index is 1190. The molecular weight excluding hydrogens is 540 g/mol. The summed E-state index contributed by atoms with van der Waals surface area (Å²) in [5, 5.41) is 3.25. The van der Waals surface area contributed by atoms with Gasteiger partial charge in [0, 0.05) is 23.5 Å². The van der Waals surface area contributed by atoms with Crippen LogP contribution in [0.5, 0.6) is 5.75 Å². The van der Waals surface area contributed by atoms with Crippen molar-refractivity contribution < 1.29 is 14.3 Å². The van der Waals surface area contributed by atoms with Gasteiger partial charge in [-0.05, 0) is 53.6 Å². The van der Waals surface area contributed by atoms with Crippen molar-refractivity contribution in [2.24, 2.45) is 0 Å². The Kier molecular flexibility index (Phi) is 9.99. The third-order valence-electron chi connectivity index (χ3n) is 7.13. The van der Waals surface area contributed by atoms with Crippen LogP contribution >= 0.6 is 15.9 Å². The molecule has 2 amide bonds. The van der Waals surface area contributed by atoms with Gasteiger partial charge in [0.1, 0.15) is 11.8 Å². The van der Waals surface area contributed by atoms with Crippen molar-refractivity contribution in [2.45, 2.75) is 70.5 Å². The predicted molar refractivity (Wildman–Crippen MR) is 155 cm³/mol. The van der Waals surface area contributed by atoms with Crippen LogP contribution in [0.1, 0.15) is 62.1 Å². The summed E-state index contributed by atoms with van der Waals surface area (Å²) >= 11 is 3.49. The molecule has 0 heterocycles. The van der Waals surface area contributed by atoms with Gasteiger partial charge in [0.2, 0.25) is 5.91 Å². The number of hydrogen-bond acceptors (Lipinski definition) is 3. The van der Waals surface area contributed by atoms with Crippen molar-refractivity contribution >= 4 is 27.7 Å². The smallest absolute Gasteiger partial charge is 0.261 e. The second-order valence-corrected chi connectivity index (χ2v) is 11.2. The molecule has 3 aromatic carbocycles. The zero-order valence-corrected chi connectivity index (χ0v) is 23.8. The molecule has 1 N–H and O–H groups in total. The Morgan fingerprint density at radius 3 is 2.26 bits per heavy atom. The molecule has 200 valence electrons.